The Labute approximate surface area is 335 Å². The number of fused-ring (bicyclic) bond motifs is 1. The number of likely N-dealkylation sites (tertiary alicyclic amines) is 1. The molecular weight excluding hydrogens is 721 g/mol. The van der Waals surface area contributed by atoms with Gasteiger partial charge in [0, 0.05) is 50.1 Å². The number of nitrogens with zero attached hydrogens (tertiary/aromatic N) is 6. The van der Waals surface area contributed by atoms with Gasteiger partial charge < -0.3 is 42.5 Å². The topological polar surface area (TPSA) is 216 Å². The minimum atomic E-state index is -0.782. The molecule has 2 aromatic heterocycles. The lowest BCUT2D eigenvalue weighted by molar-refractivity contribution is -0.132. The van der Waals surface area contributed by atoms with Crippen LogP contribution in [0.3, 0.4) is 0 Å². The van der Waals surface area contributed by atoms with Gasteiger partial charge in [0.05, 0.1) is 18.3 Å². The largest absolute Gasteiger partial charge is 0.370 e. The van der Waals surface area contributed by atoms with Crippen LogP contribution in [0.25, 0.3) is 10.9 Å². The first-order valence-corrected chi connectivity index (χ1v) is 20.7. The number of aryl methyl sites for hydroxylation is 1. The maximum atomic E-state index is 13.2. The number of hydrogen-bond acceptors (Lipinski definition) is 11. The molecule has 0 bridgehead atoms. The average molecular weight is 781 g/mol. The number of para-hydroxylation sites is 1. The predicted octanol–water partition coefficient (Wildman–Crippen LogP) is 3.48. The van der Waals surface area contributed by atoms with Crippen LogP contribution in [0.5, 0.6) is 0 Å². The minimum Gasteiger partial charge on any atom is -0.370 e. The van der Waals surface area contributed by atoms with Crippen molar-refractivity contribution in [2.75, 3.05) is 43.4 Å². The molecule has 16 heteroatoms. The summed E-state index contributed by atoms with van der Waals surface area (Å²) >= 11 is 0. The van der Waals surface area contributed by atoms with Crippen molar-refractivity contribution in [3.05, 3.63) is 72.1 Å². The highest BCUT2D eigenvalue weighted by molar-refractivity contribution is 5.90. The molecule has 57 heavy (non-hydrogen) atoms. The first kappa shape index (κ1) is 41.3. The summed E-state index contributed by atoms with van der Waals surface area (Å²) < 4.78 is 1.89. The van der Waals surface area contributed by atoms with Gasteiger partial charge in [-0.3, -0.25) is 19.7 Å². The van der Waals surface area contributed by atoms with Crippen LogP contribution in [0.1, 0.15) is 81.9 Å². The number of nitrogens with one attached hydrogen (secondary N) is 7. The van der Waals surface area contributed by atoms with E-state index in [9.17, 15) is 9.59 Å². The van der Waals surface area contributed by atoms with Gasteiger partial charge in [-0.25, -0.2) is 4.98 Å². The van der Waals surface area contributed by atoms with E-state index in [1.54, 1.807) is 0 Å². The van der Waals surface area contributed by atoms with E-state index in [4.69, 9.17) is 21.1 Å². The molecule has 1 aliphatic carbocycles. The molecule has 1 saturated carbocycles. The predicted molar refractivity (Wildman–Crippen MR) is 223 cm³/mol. The number of carbonyl (C=O) groups excluding carboxylic acids is 2. The molecule has 1 saturated heterocycles. The summed E-state index contributed by atoms with van der Waals surface area (Å²) in [6, 6.07) is 17.6. The van der Waals surface area contributed by atoms with Crippen LogP contribution in [0.4, 0.5) is 11.8 Å². The lowest BCUT2D eigenvalue weighted by Gasteiger charge is -2.33. The Morgan fingerprint density at radius 1 is 0.877 bits per heavy atom. The van der Waals surface area contributed by atoms with Crippen molar-refractivity contribution >= 4 is 40.4 Å². The highest BCUT2D eigenvalue weighted by atomic mass is 16.2. The van der Waals surface area contributed by atoms with Crippen LogP contribution in [0, 0.1) is 5.41 Å². The van der Waals surface area contributed by atoms with Gasteiger partial charge in [0.1, 0.15) is 17.6 Å². The zero-order valence-electron chi connectivity index (χ0n) is 33.0. The molecule has 16 nitrogen and oxygen atoms in total. The normalized spacial score (nSPS) is 15.6. The molecule has 1 atom stereocenters. The Kier molecular flexibility index (Phi) is 15.8. The Bertz CT molecular complexity index is 1860. The highest BCUT2D eigenvalue weighted by Gasteiger charge is 2.26. The maximum absolute atomic E-state index is 13.2. The van der Waals surface area contributed by atoms with Crippen molar-refractivity contribution in [2.24, 2.45) is 5.73 Å². The SMILES string of the molecule is N=C(N)N[C@@H](CCC(=O)N1CCC(Nc2nc(NCc3cn(CCCNCCCNC4CCCCC4)nn3)nc3ccccc23)CC1)C(=O)NCc1ccccc1. The Hall–Kier alpha value is -5.35. The monoisotopic (exact) mass is 781 g/mol. The summed E-state index contributed by atoms with van der Waals surface area (Å²) in [5.74, 6) is 0.606. The molecule has 1 aliphatic heterocycles. The number of aromatic nitrogens is 5. The van der Waals surface area contributed by atoms with Crippen LogP contribution in [0.2, 0.25) is 0 Å². The molecule has 2 fully saturated rings. The van der Waals surface area contributed by atoms with Gasteiger partial charge in [-0.15, -0.1) is 5.10 Å². The molecule has 2 aromatic carbocycles. The van der Waals surface area contributed by atoms with Crippen molar-refractivity contribution in [1.29, 1.82) is 5.41 Å². The van der Waals surface area contributed by atoms with Crippen molar-refractivity contribution in [2.45, 2.75) is 108 Å². The smallest absolute Gasteiger partial charge is 0.242 e. The van der Waals surface area contributed by atoms with Crippen molar-refractivity contribution in [1.82, 2.24) is 51.1 Å². The Balaban J connectivity index is 0.918. The molecule has 3 heterocycles. The summed E-state index contributed by atoms with van der Waals surface area (Å²) in [5, 5.41) is 37.1. The van der Waals surface area contributed by atoms with E-state index in [0.29, 0.717) is 32.1 Å². The second-order valence-corrected chi connectivity index (χ2v) is 15.1. The lowest BCUT2D eigenvalue weighted by atomic mass is 9.95. The summed E-state index contributed by atoms with van der Waals surface area (Å²) in [5.41, 5.74) is 8.17. The van der Waals surface area contributed by atoms with Crippen LogP contribution in [0.15, 0.2) is 60.8 Å². The fourth-order valence-electron chi connectivity index (χ4n) is 7.54. The van der Waals surface area contributed by atoms with E-state index in [1.165, 1.54) is 32.1 Å². The quantitative estimate of drug-likeness (QED) is 0.0347. The van der Waals surface area contributed by atoms with E-state index < -0.39 is 6.04 Å². The maximum Gasteiger partial charge on any atom is 0.242 e. The summed E-state index contributed by atoms with van der Waals surface area (Å²) in [6.07, 6.45) is 12.8. The van der Waals surface area contributed by atoms with E-state index in [-0.39, 0.29) is 36.7 Å². The van der Waals surface area contributed by atoms with Gasteiger partial charge in [0.2, 0.25) is 17.8 Å². The molecular formula is C41H60N14O2. The van der Waals surface area contributed by atoms with Gasteiger partial charge >= 0.3 is 0 Å². The third-order valence-corrected chi connectivity index (χ3v) is 10.7. The van der Waals surface area contributed by atoms with Gasteiger partial charge in [0.15, 0.2) is 5.96 Å². The molecule has 0 radical (unpaired) electrons. The molecule has 2 aliphatic rings. The minimum absolute atomic E-state index is 0.0276. The molecule has 0 unspecified atom stereocenters. The second-order valence-electron chi connectivity index (χ2n) is 15.1. The molecule has 6 rings (SSSR count). The standard InChI is InChI=1S/C41H60N14O2/c42-40(43)49-36(39(57)46-27-30-11-3-1-4-12-30)17-18-37(56)54-25-19-32(20-26-54)48-38-34-15-7-8-16-35(34)50-41(51-38)47-28-33-29-55(53-52-33)24-10-22-44-21-9-23-45-31-13-5-2-6-14-31/h1,3-4,7-8,11-12,15-16,29,31-32,36,44-45H,2,5-6,9-10,13-14,17-28H2,(H,46,57)(H4,42,43,49)(H2,47,48,50,51)/t36-/m0/s1. The Morgan fingerprint density at radius 2 is 1.65 bits per heavy atom. The van der Waals surface area contributed by atoms with Gasteiger partial charge in [-0.05, 0) is 82.3 Å². The number of guanidine groups is 1. The number of piperidine rings is 1. The van der Waals surface area contributed by atoms with Crippen LogP contribution < -0.4 is 37.6 Å². The third-order valence-electron chi connectivity index (χ3n) is 10.7. The first-order chi connectivity index (χ1) is 27.9. The fraction of sp³-hybridized carbons (Fsp3) is 0.537. The molecule has 4 aromatic rings. The van der Waals surface area contributed by atoms with E-state index in [1.807, 2.05) is 70.4 Å². The summed E-state index contributed by atoms with van der Waals surface area (Å²) in [4.78, 5) is 37.6. The van der Waals surface area contributed by atoms with Crippen LogP contribution in [-0.4, -0.2) is 98.5 Å². The summed E-state index contributed by atoms with van der Waals surface area (Å²) in [7, 11) is 0. The number of carbonyl (C=O) groups is 2. The van der Waals surface area contributed by atoms with Crippen molar-refractivity contribution in [3.63, 3.8) is 0 Å². The molecule has 9 N–H and O–H groups in total. The average Bonchev–Trinajstić information content (AvgIpc) is 3.70. The zero-order valence-corrected chi connectivity index (χ0v) is 33.0. The first-order valence-electron chi connectivity index (χ1n) is 20.7. The lowest BCUT2D eigenvalue weighted by Crippen LogP contribution is -2.49. The zero-order chi connectivity index (χ0) is 39.7. The van der Waals surface area contributed by atoms with Crippen molar-refractivity contribution in [3.8, 4) is 0 Å². The number of rotatable bonds is 21. The van der Waals surface area contributed by atoms with Gasteiger partial charge in [-0.2, -0.15) is 4.98 Å². The third kappa shape index (κ3) is 13.4. The van der Waals surface area contributed by atoms with E-state index in [2.05, 4.69) is 42.2 Å². The number of anilines is 2. The second kappa shape index (κ2) is 21.8. The number of amides is 2. The van der Waals surface area contributed by atoms with Gasteiger partial charge in [-0.1, -0.05) is 66.9 Å². The molecule has 306 valence electrons. The van der Waals surface area contributed by atoms with Crippen LogP contribution in [-0.2, 0) is 29.2 Å². The van der Waals surface area contributed by atoms with Gasteiger partial charge in [0.25, 0.3) is 0 Å². The fourth-order valence-corrected chi connectivity index (χ4v) is 7.54. The molecule has 0 spiro atoms. The number of nitrogens with two attached hydrogens (primary N) is 1. The van der Waals surface area contributed by atoms with E-state index in [0.717, 1.165) is 85.9 Å². The summed E-state index contributed by atoms with van der Waals surface area (Å²) in [6.45, 7) is 5.82. The van der Waals surface area contributed by atoms with Crippen molar-refractivity contribution < 1.29 is 9.59 Å². The highest BCUT2D eigenvalue weighted by Crippen LogP contribution is 2.25. The molecule has 2 amide bonds. The number of hydrogen-bond donors (Lipinski definition) is 8. The Morgan fingerprint density at radius 3 is 2.46 bits per heavy atom. The van der Waals surface area contributed by atoms with Crippen LogP contribution >= 0.6 is 0 Å². The van der Waals surface area contributed by atoms with E-state index >= 15 is 0 Å². The number of benzene rings is 2.